The number of ether oxygens (including phenoxy) is 7. The first kappa shape index (κ1) is 21.0. The van der Waals surface area contributed by atoms with Gasteiger partial charge in [-0.15, -0.1) is 0 Å². The molecule has 0 bridgehead atoms. The molecule has 2 saturated heterocycles. The maximum atomic E-state index is 8.54. The first-order chi connectivity index (χ1) is 12.1. The quantitative estimate of drug-likeness (QED) is 0.469. The van der Waals surface area contributed by atoms with Crippen molar-refractivity contribution in [1.29, 1.82) is 0 Å². The molecule has 2 aliphatic heterocycles. The van der Waals surface area contributed by atoms with E-state index in [1.54, 1.807) is 0 Å². The van der Waals surface area contributed by atoms with E-state index in [1.165, 1.54) is 0 Å². The van der Waals surface area contributed by atoms with Crippen molar-refractivity contribution >= 4 is 0 Å². The zero-order valence-electron chi connectivity index (χ0n) is 15.3. The molecule has 0 radical (unpaired) electrons. The topological polar surface area (TPSA) is 84.8 Å². The largest absolute Gasteiger partial charge is 0.394 e. The Bertz CT molecular complexity index is 352. The van der Waals surface area contributed by atoms with Gasteiger partial charge < -0.3 is 38.3 Å². The summed E-state index contributed by atoms with van der Waals surface area (Å²) in [6.07, 6.45) is 0.791. The van der Waals surface area contributed by atoms with Crippen molar-refractivity contribution in [2.45, 2.75) is 44.4 Å². The Morgan fingerprint density at radius 1 is 0.880 bits per heavy atom. The van der Waals surface area contributed by atoms with Gasteiger partial charge in [-0.25, -0.2) is 0 Å². The molecule has 1 N–H and O–H groups in total. The van der Waals surface area contributed by atoms with Gasteiger partial charge in [0.15, 0.2) is 5.79 Å². The Labute approximate surface area is 149 Å². The molecule has 0 aromatic carbocycles. The van der Waals surface area contributed by atoms with Gasteiger partial charge in [0.1, 0.15) is 12.2 Å². The van der Waals surface area contributed by atoms with Crippen LogP contribution in [0, 0.1) is 0 Å². The number of aliphatic hydroxyl groups excluding tert-OH is 1. The molecule has 0 aromatic heterocycles. The standard InChI is InChI=1S/C17H32O8/c1-17(2)24-14-3-5-23-15(16(14)25-17)13-22-12-11-21-10-9-20-8-7-19-6-4-18/h14-16,18H,3-13H2,1-2H3. The van der Waals surface area contributed by atoms with E-state index >= 15 is 0 Å². The molecule has 0 aliphatic carbocycles. The summed E-state index contributed by atoms with van der Waals surface area (Å²) in [7, 11) is 0. The molecular weight excluding hydrogens is 332 g/mol. The molecule has 0 aromatic rings. The maximum Gasteiger partial charge on any atom is 0.163 e. The van der Waals surface area contributed by atoms with Gasteiger partial charge in [-0.1, -0.05) is 0 Å². The van der Waals surface area contributed by atoms with Crippen LogP contribution in [0.5, 0.6) is 0 Å². The van der Waals surface area contributed by atoms with Crippen molar-refractivity contribution in [2.24, 2.45) is 0 Å². The molecule has 2 fully saturated rings. The Kier molecular flexibility index (Phi) is 9.57. The van der Waals surface area contributed by atoms with E-state index < -0.39 is 5.79 Å². The molecule has 2 aliphatic rings. The molecule has 148 valence electrons. The summed E-state index contributed by atoms with van der Waals surface area (Å²) in [4.78, 5) is 0. The first-order valence-corrected chi connectivity index (χ1v) is 9.01. The third kappa shape index (κ3) is 7.84. The minimum Gasteiger partial charge on any atom is -0.394 e. The van der Waals surface area contributed by atoms with E-state index in [0.717, 1.165) is 6.42 Å². The summed E-state index contributed by atoms with van der Waals surface area (Å²) >= 11 is 0. The van der Waals surface area contributed by atoms with Crippen LogP contribution < -0.4 is 0 Å². The Morgan fingerprint density at radius 2 is 1.48 bits per heavy atom. The molecule has 0 saturated carbocycles. The average Bonchev–Trinajstić information content (AvgIpc) is 2.90. The number of hydrogen-bond acceptors (Lipinski definition) is 8. The molecule has 25 heavy (non-hydrogen) atoms. The Morgan fingerprint density at radius 3 is 2.12 bits per heavy atom. The van der Waals surface area contributed by atoms with E-state index in [2.05, 4.69) is 0 Å². The van der Waals surface area contributed by atoms with E-state index in [9.17, 15) is 0 Å². The third-order valence-electron chi connectivity index (χ3n) is 3.96. The SMILES string of the molecule is CC1(C)OC2CCOC(COCCOCCOCCOCCO)C2O1. The van der Waals surface area contributed by atoms with Crippen LogP contribution in [0.2, 0.25) is 0 Å². The number of rotatable bonds is 13. The van der Waals surface area contributed by atoms with Crippen LogP contribution in [0.3, 0.4) is 0 Å². The molecule has 3 atom stereocenters. The van der Waals surface area contributed by atoms with Crippen LogP contribution in [0.4, 0.5) is 0 Å². The van der Waals surface area contributed by atoms with Gasteiger partial charge in [-0.2, -0.15) is 0 Å². The van der Waals surface area contributed by atoms with Crippen LogP contribution in [0.15, 0.2) is 0 Å². The van der Waals surface area contributed by atoms with Gasteiger partial charge in [0.2, 0.25) is 0 Å². The van der Waals surface area contributed by atoms with Crippen LogP contribution in [-0.4, -0.2) is 95.3 Å². The van der Waals surface area contributed by atoms with E-state index in [0.29, 0.717) is 59.5 Å². The molecule has 8 heteroatoms. The van der Waals surface area contributed by atoms with Crippen LogP contribution in [-0.2, 0) is 33.2 Å². The summed E-state index contributed by atoms with van der Waals surface area (Å²) in [5, 5.41) is 8.54. The van der Waals surface area contributed by atoms with E-state index in [-0.39, 0.29) is 24.9 Å². The molecule has 2 heterocycles. The fraction of sp³-hybridized carbons (Fsp3) is 1.00. The highest BCUT2D eigenvalue weighted by Gasteiger charge is 2.47. The second-order valence-corrected chi connectivity index (χ2v) is 6.47. The smallest absolute Gasteiger partial charge is 0.163 e. The van der Waals surface area contributed by atoms with Crippen molar-refractivity contribution in [3.05, 3.63) is 0 Å². The number of fused-ring (bicyclic) bond motifs is 1. The van der Waals surface area contributed by atoms with Crippen molar-refractivity contribution < 1.29 is 38.3 Å². The summed E-state index contributed by atoms with van der Waals surface area (Å²) in [5.74, 6) is -0.548. The molecule has 3 unspecified atom stereocenters. The van der Waals surface area contributed by atoms with Crippen LogP contribution >= 0.6 is 0 Å². The third-order valence-corrected chi connectivity index (χ3v) is 3.96. The summed E-state index contributed by atoms with van der Waals surface area (Å²) in [5.41, 5.74) is 0. The van der Waals surface area contributed by atoms with Crippen molar-refractivity contribution in [1.82, 2.24) is 0 Å². The lowest BCUT2D eigenvalue weighted by molar-refractivity contribution is -0.160. The molecule has 0 spiro atoms. The van der Waals surface area contributed by atoms with Gasteiger partial charge in [0.05, 0.1) is 65.6 Å². The Balaban J connectivity index is 1.43. The normalized spacial score (nSPS) is 28.2. The molecule has 8 nitrogen and oxygen atoms in total. The number of hydrogen-bond donors (Lipinski definition) is 1. The summed E-state index contributed by atoms with van der Waals surface area (Å²) in [6, 6.07) is 0. The predicted octanol–water partition coefficient (Wildman–Crippen LogP) is 0.354. The van der Waals surface area contributed by atoms with Gasteiger partial charge >= 0.3 is 0 Å². The van der Waals surface area contributed by atoms with Gasteiger partial charge in [0, 0.05) is 6.61 Å². The summed E-state index contributed by atoms with van der Waals surface area (Å²) < 4.78 is 39.1. The lowest BCUT2D eigenvalue weighted by atomic mass is 10.0. The highest BCUT2D eigenvalue weighted by Crippen LogP contribution is 2.35. The molecule has 0 amide bonds. The minimum absolute atomic E-state index is 0.0350. The van der Waals surface area contributed by atoms with Crippen LogP contribution in [0.25, 0.3) is 0 Å². The monoisotopic (exact) mass is 364 g/mol. The van der Waals surface area contributed by atoms with Gasteiger partial charge in [-0.05, 0) is 20.3 Å². The fourth-order valence-electron chi connectivity index (χ4n) is 2.90. The average molecular weight is 364 g/mol. The number of aliphatic hydroxyl groups is 1. The molecular formula is C17H32O8. The minimum atomic E-state index is -0.548. The van der Waals surface area contributed by atoms with Gasteiger partial charge in [-0.3, -0.25) is 0 Å². The fourth-order valence-corrected chi connectivity index (χ4v) is 2.90. The van der Waals surface area contributed by atoms with Crippen molar-refractivity contribution in [2.75, 3.05) is 66.1 Å². The maximum absolute atomic E-state index is 8.54. The zero-order valence-corrected chi connectivity index (χ0v) is 15.3. The van der Waals surface area contributed by atoms with E-state index in [1.807, 2.05) is 13.8 Å². The van der Waals surface area contributed by atoms with Crippen molar-refractivity contribution in [3.8, 4) is 0 Å². The molecule has 2 rings (SSSR count). The Hall–Kier alpha value is -0.320. The highest BCUT2D eigenvalue weighted by molar-refractivity contribution is 4.90. The lowest BCUT2D eigenvalue weighted by Gasteiger charge is -2.31. The zero-order chi connectivity index (χ0) is 18.0. The van der Waals surface area contributed by atoms with Gasteiger partial charge in [0.25, 0.3) is 0 Å². The predicted molar refractivity (Wildman–Crippen MR) is 88.5 cm³/mol. The van der Waals surface area contributed by atoms with Crippen molar-refractivity contribution in [3.63, 3.8) is 0 Å². The lowest BCUT2D eigenvalue weighted by Crippen LogP contribution is -2.45. The van der Waals surface area contributed by atoms with E-state index in [4.69, 9.17) is 38.3 Å². The van der Waals surface area contributed by atoms with Crippen LogP contribution in [0.1, 0.15) is 20.3 Å². The second-order valence-electron chi connectivity index (χ2n) is 6.47. The second kappa shape index (κ2) is 11.4. The first-order valence-electron chi connectivity index (χ1n) is 9.01. The summed E-state index contributed by atoms with van der Waals surface area (Å²) in [6.45, 7) is 8.40. The highest BCUT2D eigenvalue weighted by atomic mass is 16.8.